The van der Waals surface area contributed by atoms with Crippen LogP contribution < -0.4 is 10.5 Å². The monoisotopic (exact) mass is 305 g/mol. The fourth-order valence-electron chi connectivity index (χ4n) is 1.45. The lowest BCUT2D eigenvalue weighted by atomic mass is 10.3. The van der Waals surface area contributed by atoms with Gasteiger partial charge in [-0.3, -0.25) is 0 Å². The first-order chi connectivity index (χ1) is 8.24. The maximum atomic E-state index is 9.74. The van der Waals surface area contributed by atoms with E-state index in [2.05, 4.69) is 4.98 Å². The molecule has 1 aromatic carbocycles. The molecular weight excluding hydrogens is 289 g/mol. The van der Waals surface area contributed by atoms with Gasteiger partial charge in [0.1, 0.15) is 18.5 Å². The van der Waals surface area contributed by atoms with Gasteiger partial charge in [-0.1, -0.05) is 0 Å². The molecule has 0 bridgehead atoms. The molecule has 0 aliphatic heterocycles. The van der Waals surface area contributed by atoms with E-state index in [1.54, 1.807) is 47.6 Å². The van der Waals surface area contributed by atoms with Crippen LogP contribution in [0.4, 0.5) is 5.69 Å². The van der Waals surface area contributed by atoms with Crippen LogP contribution in [0.25, 0.3) is 0 Å². The van der Waals surface area contributed by atoms with Crippen LogP contribution in [0.1, 0.15) is 0 Å². The molecule has 0 aliphatic rings. The molecule has 1 atom stereocenters. The van der Waals surface area contributed by atoms with Gasteiger partial charge >= 0.3 is 0 Å². The number of aliphatic hydroxyl groups excluding tert-OH is 1. The van der Waals surface area contributed by atoms with Gasteiger partial charge in [-0.05, 0) is 24.3 Å². The number of hydrogen-bond donors (Lipinski definition) is 2. The molecule has 3 N–H and O–H groups in total. The first-order valence-corrected chi connectivity index (χ1v) is 5.36. The Hall–Kier alpha value is -1.43. The van der Waals surface area contributed by atoms with Crippen molar-refractivity contribution in [3.63, 3.8) is 0 Å². The quantitative estimate of drug-likeness (QED) is 0.825. The molecule has 1 unspecified atom stereocenters. The summed E-state index contributed by atoms with van der Waals surface area (Å²) in [5.74, 6) is 0.698. The number of halogens is 2. The van der Waals surface area contributed by atoms with Gasteiger partial charge in [0.2, 0.25) is 0 Å². The summed E-state index contributed by atoms with van der Waals surface area (Å²) >= 11 is 0. The number of benzene rings is 1. The zero-order valence-electron chi connectivity index (χ0n) is 10.2. The largest absolute Gasteiger partial charge is 0.491 e. The molecule has 0 saturated carbocycles. The Labute approximate surface area is 124 Å². The molecular formula is C12H17Cl2N3O2. The summed E-state index contributed by atoms with van der Waals surface area (Å²) in [6, 6.07) is 7.08. The van der Waals surface area contributed by atoms with Gasteiger partial charge in [0, 0.05) is 18.1 Å². The van der Waals surface area contributed by atoms with E-state index in [9.17, 15) is 5.11 Å². The topological polar surface area (TPSA) is 73.3 Å². The number of aromatic nitrogens is 2. The van der Waals surface area contributed by atoms with Crippen LogP contribution in [0.3, 0.4) is 0 Å². The van der Waals surface area contributed by atoms with E-state index in [0.717, 1.165) is 0 Å². The van der Waals surface area contributed by atoms with Crippen LogP contribution in [0, 0.1) is 0 Å². The van der Waals surface area contributed by atoms with E-state index < -0.39 is 6.10 Å². The Balaban J connectivity index is 0.00000162. The van der Waals surface area contributed by atoms with Crippen molar-refractivity contribution in [2.75, 3.05) is 12.3 Å². The third kappa shape index (κ3) is 5.83. The van der Waals surface area contributed by atoms with Gasteiger partial charge in [-0.2, -0.15) is 0 Å². The lowest BCUT2D eigenvalue weighted by Crippen LogP contribution is -2.22. The third-order valence-corrected chi connectivity index (χ3v) is 2.30. The minimum absolute atomic E-state index is 0. The van der Waals surface area contributed by atoms with Crippen molar-refractivity contribution in [2.45, 2.75) is 12.6 Å². The van der Waals surface area contributed by atoms with E-state index in [0.29, 0.717) is 18.0 Å². The minimum Gasteiger partial charge on any atom is -0.491 e. The van der Waals surface area contributed by atoms with Crippen LogP contribution >= 0.6 is 24.8 Å². The highest BCUT2D eigenvalue weighted by Crippen LogP contribution is 2.13. The number of aliphatic hydroxyl groups is 1. The molecule has 2 rings (SSSR count). The SMILES string of the molecule is Cl.Cl.Nc1ccc(OCC(O)Cn2ccnc2)cc1. The average Bonchev–Trinajstić information content (AvgIpc) is 2.81. The van der Waals surface area contributed by atoms with Crippen molar-refractivity contribution in [3.05, 3.63) is 43.0 Å². The predicted octanol–water partition coefficient (Wildman–Crippen LogP) is 1.75. The number of rotatable bonds is 5. The number of anilines is 1. The average molecular weight is 306 g/mol. The number of nitrogens with zero attached hydrogens (tertiary/aromatic N) is 2. The van der Waals surface area contributed by atoms with Crippen molar-refractivity contribution >= 4 is 30.5 Å². The molecule has 5 nitrogen and oxygen atoms in total. The van der Waals surface area contributed by atoms with E-state index in [4.69, 9.17) is 10.5 Å². The first-order valence-electron chi connectivity index (χ1n) is 5.36. The second kappa shape index (κ2) is 8.63. The number of nitrogens with two attached hydrogens (primary N) is 1. The molecule has 0 saturated heterocycles. The van der Waals surface area contributed by atoms with Crippen LogP contribution in [0.5, 0.6) is 5.75 Å². The van der Waals surface area contributed by atoms with Gasteiger partial charge < -0.3 is 20.1 Å². The molecule has 1 heterocycles. The van der Waals surface area contributed by atoms with Gasteiger partial charge in [-0.15, -0.1) is 24.8 Å². The third-order valence-electron chi connectivity index (χ3n) is 2.30. The fourth-order valence-corrected chi connectivity index (χ4v) is 1.45. The van der Waals surface area contributed by atoms with Gasteiger partial charge in [0.05, 0.1) is 12.9 Å². The van der Waals surface area contributed by atoms with Gasteiger partial charge in [-0.25, -0.2) is 4.98 Å². The molecule has 0 radical (unpaired) electrons. The zero-order chi connectivity index (χ0) is 12.1. The van der Waals surface area contributed by atoms with Crippen molar-refractivity contribution < 1.29 is 9.84 Å². The fraction of sp³-hybridized carbons (Fsp3) is 0.250. The summed E-state index contributed by atoms with van der Waals surface area (Å²) in [7, 11) is 0. The van der Waals surface area contributed by atoms with Crippen LogP contribution in [-0.4, -0.2) is 27.4 Å². The number of nitrogen functional groups attached to an aromatic ring is 1. The van der Waals surface area contributed by atoms with E-state index in [-0.39, 0.29) is 31.4 Å². The smallest absolute Gasteiger partial charge is 0.119 e. The number of hydrogen-bond acceptors (Lipinski definition) is 4. The second-order valence-electron chi connectivity index (χ2n) is 3.79. The molecule has 2 aromatic rings. The molecule has 0 spiro atoms. The first kappa shape index (κ1) is 17.6. The molecule has 0 amide bonds. The maximum Gasteiger partial charge on any atom is 0.119 e. The Morgan fingerprint density at radius 2 is 1.95 bits per heavy atom. The number of ether oxygens (including phenoxy) is 1. The van der Waals surface area contributed by atoms with Crippen LogP contribution in [0.2, 0.25) is 0 Å². The summed E-state index contributed by atoms with van der Waals surface area (Å²) in [6.45, 7) is 0.705. The van der Waals surface area contributed by atoms with Gasteiger partial charge in [0.25, 0.3) is 0 Å². The van der Waals surface area contributed by atoms with Gasteiger partial charge in [0.15, 0.2) is 0 Å². The highest BCUT2D eigenvalue weighted by atomic mass is 35.5. The highest BCUT2D eigenvalue weighted by Gasteiger charge is 2.05. The summed E-state index contributed by atoms with van der Waals surface area (Å²) in [6.07, 6.45) is 4.56. The zero-order valence-corrected chi connectivity index (χ0v) is 11.8. The molecule has 0 aliphatic carbocycles. The molecule has 106 valence electrons. The molecule has 19 heavy (non-hydrogen) atoms. The molecule has 1 aromatic heterocycles. The standard InChI is InChI=1S/C12H15N3O2.2ClH/c13-10-1-3-12(4-2-10)17-8-11(16)7-15-6-5-14-9-15;;/h1-6,9,11,16H,7-8,13H2;2*1H. The number of imidazole rings is 1. The van der Waals surface area contributed by atoms with Crippen molar-refractivity contribution in [1.82, 2.24) is 9.55 Å². The Bertz CT molecular complexity index is 449. The summed E-state index contributed by atoms with van der Waals surface area (Å²) in [5, 5.41) is 9.74. The van der Waals surface area contributed by atoms with E-state index >= 15 is 0 Å². The Morgan fingerprint density at radius 1 is 1.26 bits per heavy atom. The predicted molar refractivity (Wildman–Crippen MR) is 79.1 cm³/mol. The highest BCUT2D eigenvalue weighted by molar-refractivity contribution is 5.85. The normalized spacial score (nSPS) is 11.0. The lowest BCUT2D eigenvalue weighted by Gasteiger charge is -2.12. The van der Waals surface area contributed by atoms with E-state index in [1.165, 1.54) is 0 Å². The second-order valence-corrected chi connectivity index (χ2v) is 3.79. The molecule has 0 fully saturated rings. The lowest BCUT2D eigenvalue weighted by molar-refractivity contribution is 0.0925. The van der Waals surface area contributed by atoms with E-state index in [1.807, 2.05) is 0 Å². The van der Waals surface area contributed by atoms with Crippen molar-refractivity contribution in [1.29, 1.82) is 0 Å². The molecule has 7 heteroatoms. The minimum atomic E-state index is -0.568. The van der Waals surface area contributed by atoms with Crippen molar-refractivity contribution in [3.8, 4) is 5.75 Å². The van der Waals surface area contributed by atoms with Crippen LogP contribution in [0.15, 0.2) is 43.0 Å². The Morgan fingerprint density at radius 3 is 2.53 bits per heavy atom. The summed E-state index contributed by atoms with van der Waals surface area (Å²) in [5.41, 5.74) is 6.25. The Kier molecular flexibility index (Phi) is 7.98. The summed E-state index contributed by atoms with van der Waals surface area (Å²) < 4.78 is 7.23. The van der Waals surface area contributed by atoms with Crippen LogP contribution in [-0.2, 0) is 6.54 Å². The maximum absolute atomic E-state index is 9.74. The summed E-state index contributed by atoms with van der Waals surface area (Å²) in [4.78, 5) is 3.90. The van der Waals surface area contributed by atoms with Crippen molar-refractivity contribution in [2.24, 2.45) is 0 Å².